The lowest BCUT2D eigenvalue weighted by molar-refractivity contribution is -0.121. The normalized spacial score (nSPS) is 12.1. The van der Waals surface area contributed by atoms with Crippen molar-refractivity contribution < 1.29 is 4.79 Å². The lowest BCUT2D eigenvalue weighted by Gasteiger charge is -2.25. The van der Waals surface area contributed by atoms with Crippen molar-refractivity contribution >= 4 is 34.0 Å². The number of carbonyl (C=O) groups excluding carboxylic acids is 1. The first kappa shape index (κ1) is 20.3. The molecule has 0 radical (unpaired) electrons. The first-order valence-electron chi connectivity index (χ1n) is 9.97. The third-order valence-corrected chi connectivity index (χ3v) is 5.61. The highest BCUT2D eigenvalue weighted by Crippen LogP contribution is 2.29. The van der Waals surface area contributed by atoms with Gasteiger partial charge in [-0.3, -0.25) is 4.79 Å². The number of anilines is 1. The zero-order valence-corrected chi connectivity index (χ0v) is 17.6. The molecule has 0 aliphatic heterocycles. The van der Waals surface area contributed by atoms with Gasteiger partial charge in [-0.1, -0.05) is 32.0 Å². The quantitative estimate of drug-likeness (QED) is 0.560. The Labute approximate surface area is 170 Å². The molecule has 0 unspecified atom stereocenters. The number of rotatable bonds is 9. The maximum absolute atomic E-state index is 12.3. The average Bonchev–Trinajstić information content (AvgIpc) is 3.25. The van der Waals surface area contributed by atoms with Crippen molar-refractivity contribution in [2.45, 2.75) is 46.1 Å². The number of para-hydroxylation sites is 1. The summed E-state index contributed by atoms with van der Waals surface area (Å²) in [6, 6.07) is 12.4. The molecule has 5 nitrogen and oxygen atoms in total. The Hall–Kier alpha value is -2.47. The molecule has 2 aromatic heterocycles. The molecule has 3 aromatic rings. The van der Waals surface area contributed by atoms with Gasteiger partial charge in [0, 0.05) is 30.9 Å². The fourth-order valence-electron chi connectivity index (χ4n) is 3.10. The average molecular weight is 397 g/mol. The van der Waals surface area contributed by atoms with Crippen molar-refractivity contribution in [2.24, 2.45) is 0 Å². The maximum atomic E-state index is 12.3. The highest BCUT2D eigenvalue weighted by Gasteiger charge is 2.17. The van der Waals surface area contributed by atoms with E-state index in [-0.39, 0.29) is 11.9 Å². The van der Waals surface area contributed by atoms with Crippen LogP contribution in [0.1, 0.15) is 40.0 Å². The van der Waals surface area contributed by atoms with E-state index < -0.39 is 0 Å². The summed E-state index contributed by atoms with van der Waals surface area (Å²) in [5.74, 6) is 1.74. The minimum atomic E-state index is 0.0901. The van der Waals surface area contributed by atoms with Gasteiger partial charge >= 0.3 is 0 Å². The van der Waals surface area contributed by atoms with Crippen molar-refractivity contribution in [3.05, 3.63) is 41.8 Å². The Kier molecular flexibility index (Phi) is 6.98. The zero-order valence-electron chi connectivity index (χ0n) is 16.8. The van der Waals surface area contributed by atoms with Gasteiger partial charge in [0.25, 0.3) is 0 Å². The number of thiophene rings is 1. The molecule has 3 rings (SSSR count). The number of carbonyl (C=O) groups is 1. The van der Waals surface area contributed by atoms with Crippen molar-refractivity contribution in [3.63, 3.8) is 0 Å². The summed E-state index contributed by atoms with van der Waals surface area (Å²) in [5, 5.41) is 6.12. The second-order valence-corrected chi connectivity index (χ2v) is 7.93. The molecule has 0 fully saturated rings. The smallest absolute Gasteiger partial charge is 0.221 e. The molecular formula is C22H28N4OS. The molecule has 6 heteroatoms. The minimum Gasteiger partial charge on any atom is -0.355 e. The maximum Gasteiger partial charge on any atom is 0.221 e. The first-order chi connectivity index (χ1) is 13.6. The SMILES string of the molecule is CCCN(CCC(=O)N[C@@H](C)CC)c1nc(-c2cccs2)nc2ccccc12. The molecule has 148 valence electrons. The molecule has 28 heavy (non-hydrogen) atoms. The number of hydrogen-bond acceptors (Lipinski definition) is 5. The van der Waals surface area contributed by atoms with Gasteiger partial charge in [0.1, 0.15) is 5.82 Å². The summed E-state index contributed by atoms with van der Waals surface area (Å²) in [4.78, 5) is 25.2. The van der Waals surface area contributed by atoms with E-state index in [1.807, 2.05) is 42.6 Å². The Balaban J connectivity index is 1.92. The highest BCUT2D eigenvalue weighted by atomic mass is 32.1. The molecule has 0 aliphatic rings. The van der Waals surface area contributed by atoms with Gasteiger partial charge in [-0.2, -0.15) is 0 Å². The molecule has 1 N–H and O–H groups in total. The van der Waals surface area contributed by atoms with Crippen LogP contribution in [0.3, 0.4) is 0 Å². The predicted molar refractivity (Wildman–Crippen MR) is 118 cm³/mol. The number of nitrogens with one attached hydrogen (secondary N) is 1. The molecule has 0 saturated carbocycles. The Bertz CT molecular complexity index is 910. The van der Waals surface area contributed by atoms with E-state index in [2.05, 4.69) is 30.1 Å². The van der Waals surface area contributed by atoms with Gasteiger partial charge in [-0.15, -0.1) is 11.3 Å². The fraction of sp³-hybridized carbons (Fsp3) is 0.409. The van der Waals surface area contributed by atoms with Gasteiger partial charge in [0.05, 0.1) is 10.4 Å². The largest absolute Gasteiger partial charge is 0.355 e. The van der Waals surface area contributed by atoms with Crippen molar-refractivity contribution in [2.75, 3.05) is 18.0 Å². The second-order valence-electron chi connectivity index (χ2n) is 6.98. The number of benzene rings is 1. The van der Waals surface area contributed by atoms with Gasteiger partial charge in [-0.05, 0) is 43.3 Å². The van der Waals surface area contributed by atoms with Crippen LogP contribution in [0.4, 0.5) is 5.82 Å². The summed E-state index contributed by atoms with van der Waals surface area (Å²) in [7, 11) is 0. The van der Waals surface area contributed by atoms with Gasteiger partial charge < -0.3 is 10.2 Å². The third-order valence-electron chi connectivity index (χ3n) is 4.75. The van der Waals surface area contributed by atoms with Crippen LogP contribution < -0.4 is 10.2 Å². The van der Waals surface area contributed by atoms with Gasteiger partial charge in [-0.25, -0.2) is 9.97 Å². The molecule has 2 heterocycles. The lowest BCUT2D eigenvalue weighted by atomic mass is 10.2. The van der Waals surface area contributed by atoms with Gasteiger partial charge in [0.2, 0.25) is 5.91 Å². The molecule has 0 spiro atoms. The monoisotopic (exact) mass is 396 g/mol. The summed E-state index contributed by atoms with van der Waals surface area (Å²) >= 11 is 1.64. The van der Waals surface area contributed by atoms with Crippen molar-refractivity contribution in [3.8, 4) is 10.7 Å². The van der Waals surface area contributed by atoms with E-state index in [0.29, 0.717) is 13.0 Å². The van der Waals surface area contributed by atoms with E-state index in [0.717, 1.165) is 46.8 Å². The summed E-state index contributed by atoms with van der Waals surface area (Å²) in [6.07, 6.45) is 2.38. The van der Waals surface area contributed by atoms with E-state index in [9.17, 15) is 4.79 Å². The fourth-order valence-corrected chi connectivity index (χ4v) is 3.75. The predicted octanol–water partition coefficient (Wildman–Crippen LogP) is 4.88. The molecule has 0 saturated heterocycles. The first-order valence-corrected chi connectivity index (χ1v) is 10.8. The van der Waals surface area contributed by atoms with Crippen LogP contribution in [0.25, 0.3) is 21.6 Å². The number of nitrogens with zero attached hydrogens (tertiary/aromatic N) is 3. The van der Waals surface area contributed by atoms with E-state index in [1.54, 1.807) is 11.3 Å². The van der Waals surface area contributed by atoms with E-state index >= 15 is 0 Å². The van der Waals surface area contributed by atoms with Crippen LogP contribution in [-0.4, -0.2) is 35.0 Å². The molecular weight excluding hydrogens is 368 g/mol. The van der Waals surface area contributed by atoms with Crippen LogP contribution in [0.15, 0.2) is 41.8 Å². The number of amides is 1. The molecule has 1 aromatic carbocycles. The van der Waals surface area contributed by atoms with Crippen LogP contribution in [0.5, 0.6) is 0 Å². The molecule has 1 atom stereocenters. The topological polar surface area (TPSA) is 58.1 Å². The van der Waals surface area contributed by atoms with Crippen LogP contribution in [0, 0.1) is 0 Å². The summed E-state index contributed by atoms with van der Waals surface area (Å²) in [6.45, 7) is 7.75. The number of fused-ring (bicyclic) bond motifs is 1. The zero-order chi connectivity index (χ0) is 19.9. The second kappa shape index (κ2) is 9.64. The summed E-state index contributed by atoms with van der Waals surface area (Å²) < 4.78 is 0. The van der Waals surface area contributed by atoms with E-state index in [4.69, 9.17) is 9.97 Å². The van der Waals surface area contributed by atoms with Crippen molar-refractivity contribution in [1.82, 2.24) is 15.3 Å². The van der Waals surface area contributed by atoms with E-state index in [1.165, 1.54) is 0 Å². The number of hydrogen-bond donors (Lipinski definition) is 1. The Morgan fingerprint density at radius 2 is 1.96 bits per heavy atom. The van der Waals surface area contributed by atoms with Gasteiger partial charge in [0.15, 0.2) is 5.82 Å². The standard InChI is InChI=1S/C22H28N4OS/c1-4-13-26(14-12-20(27)23-16(3)5-2)22-17-9-6-7-10-18(17)24-21(25-22)19-11-8-15-28-19/h6-11,15-16H,4-5,12-14H2,1-3H3,(H,23,27)/t16-/m0/s1. The van der Waals surface area contributed by atoms with Crippen LogP contribution in [-0.2, 0) is 4.79 Å². The molecule has 0 aliphatic carbocycles. The van der Waals surface area contributed by atoms with Crippen molar-refractivity contribution in [1.29, 1.82) is 0 Å². The van der Waals surface area contributed by atoms with Crippen LogP contribution >= 0.6 is 11.3 Å². The summed E-state index contributed by atoms with van der Waals surface area (Å²) in [5.41, 5.74) is 0.932. The third kappa shape index (κ3) is 4.87. The minimum absolute atomic E-state index is 0.0901. The Morgan fingerprint density at radius 3 is 2.68 bits per heavy atom. The molecule has 1 amide bonds. The lowest BCUT2D eigenvalue weighted by Crippen LogP contribution is -2.36. The highest BCUT2D eigenvalue weighted by molar-refractivity contribution is 7.13. The molecule has 0 bridgehead atoms. The number of aromatic nitrogens is 2. The Morgan fingerprint density at radius 1 is 1.14 bits per heavy atom. The van der Waals surface area contributed by atoms with Crippen LogP contribution in [0.2, 0.25) is 0 Å².